The van der Waals surface area contributed by atoms with Crippen molar-refractivity contribution in [2.24, 2.45) is 0 Å². The zero-order valence-electron chi connectivity index (χ0n) is 16.9. The fraction of sp³-hybridized carbons (Fsp3) is 0.227. The molecule has 0 radical (unpaired) electrons. The number of nitrogens with one attached hydrogen (secondary N) is 2. The number of halogens is 1. The molecule has 0 saturated heterocycles. The van der Waals surface area contributed by atoms with Crippen molar-refractivity contribution in [2.45, 2.75) is 23.2 Å². The molecule has 0 bridgehead atoms. The molecule has 0 spiro atoms. The number of amides is 1. The third-order valence-electron chi connectivity index (χ3n) is 5.00. The number of anilines is 1. The molecule has 0 unspecified atom stereocenters. The highest BCUT2D eigenvalue weighted by Crippen LogP contribution is 2.38. The number of thioether (sulfide) groups is 1. The summed E-state index contributed by atoms with van der Waals surface area (Å²) < 4.78 is 10.7. The first-order valence-electron chi connectivity index (χ1n) is 9.51. The molecule has 1 amide bonds. The summed E-state index contributed by atoms with van der Waals surface area (Å²) in [6, 6.07) is 12.9. The van der Waals surface area contributed by atoms with E-state index in [9.17, 15) is 9.59 Å². The molecule has 1 aliphatic heterocycles. The van der Waals surface area contributed by atoms with Crippen LogP contribution in [0.1, 0.15) is 29.0 Å². The van der Waals surface area contributed by atoms with Crippen LogP contribution in [0, 0.1) is 0 Å². The molecule has 31 heavy (non-hydrogen) atoms. The lowest BCUT2D eigenvalue weighted by Gasteiger charge is -2.25. The number of rotatable bonds is 6. The summed E-state index contributed by atoms with van der Waals surface area (Å²) in [5.41, 5.74) is 1.93. The number of benzene rings is 2. The first-order valence-corrected chi connectivity index (χ1v) is 10.9. The van der Waals surface area contributed by atoms with E-state index in [0.717, 1.165) is 11.1 Å². The van der Waals surface area contributed by atoms with Gasteiger partial charge < -0.3 is 19.8 Å². The zero-order chi connectivity index (χ0) is 22.0. The molecule has 0 fully saturated rings. The maximum absolute atomic E-state index is 13.0. The van der Waals surface area contributed by atoms with Gasteiger partial charge >= 0.3 is 0 Å². The molecule has 0 saturated carbocycles. The number of hydrogen-bond donors (Lipinski definition) is 2. The van der Waals surface area contributed by atoms with Crippen LogP contribution in [0.2, 0.25) is 5.02 Å². The van der Waals surface area contributed by atoms with Gasteiger partial charge in [0.25, 0.3) is 5.56 Å². The van der Waals surface area contributed by atoms with Crippen LogP contribution in [0.15, 0.2) is 52.4 Å². The molecular formula is C22H20ClN3O4S. The van der Waals surface area contributed by atoms with Crippen LogP contribution in [-0.4, -0.2) is 30.1 Å². The summed E-state index contributed by atoms with van der Waals surface area (Å²) in [6.45, 7) is 0. The summed E-state index contributed by atoms with van der Waals surface area (Å²) in [4.78, 5) is 32.7. The Morgan fingerprint density at radius 1 is 1.13 bits per heavy atom. The number of ether oxygens (including phenoxy) is 2. The average Bonchev–Trinajstić information content (AvgIpc) is 2.76. The Morgan fingerprint density at radius 3 is 2.68 bits per heavy atom. The first kappa shape index (κ1) is 21.3. The van der Waals surface area contributed by atoms with Gasteiger partial charge in [0, 0.05) is 23.1 Å². The predicted octanol–water partition coefficient (Wildman–Crippen LogP) is 4.21. The Bertz CT molecular complexity index is 1200. The minimum Gasteiger partial charge on any atom is -0.493 e. The summed E-state index contributed by atoms with van der Waals surface area (Å²) in [5.74, 6) is 1.34. The molecule has 3 aromatic rings. The number of carbonyl (C=O) groups is 1. The highest BCUT2D eigenvalue weighted by molar-refractivity contribution is 7.98. The monoisotopic (exact) mass is 457 g/mol. The number of carbonyl (C=O) groups excluding carboxylic acids is 1. The maximum Gasteiger partial charge on any atom is 0.257 e. The van der Waals surface area contributed by atoms with Crippen LogP contribution in [0.5, 0.6) is 11.5 Å². The van der Waals surface area contributed by atoms with Gasteiger partial charge in [0.15, 0.2) is 16.7 Å². The van der Waals surface area contributed by atoms with Crippen molar-refractivity contribution in [3.8, 4) is 11.5 Å². The highest BCUT2D eigenvalue weighted by Gasteiger charge is 2.31. The molecule has 1 atom stereocenters. The van der Waals surface area contributed by atoms with E-state index in [1.54, 1.807) is 32.4 Å². The van der Waals surface area contributed by atoms with Crippen LogP contribution in [0.25, 0.3) is 0 Å². The molecule has 2 aromatic carbocycles. The normalized spacial score (nSPS) is 15.2. The smallest absolute Gasteiger partial charge is 0.257 e. The van der Waals surface area contributed by atoms with Gasteiger partial charge in [-0.2, -0.15) is 0 Å². The quantitative estimate of drug-likeness (QED) is 0.425. The van der Waals surface area contributed by atoms with E-state index < -0.39 is 5.92 Å². The molecule has 0 aliphatic carbocycles. The largest absolute Gasteiger partial charge is 0.493 e. The Balaban J connectivity index is 1.66. The fourth-order valence-electron chi connectivity index (χ4n) is 3.55. The zero-order valence-corrected chi connectivity index (χ0v) is 18.5. The van der Waals surface area contributed by atoms with Crippen molar-refractivity contribution >= 4 is 35.1 Å². The van der Waals surface area contributed by atoms with Crippen molar-refractivity contribution in [2.75, 3.05) is 19.5 Å². The van der Waals surface area contributed by atoms with E-state index >= 15 is 0 Å². The summed E-state index contributed by atoms with van der Waals surface area (Å²) in [7, 11) is 3.10. The van der Waals surface area contributed by atoms with E-state index in [2.05, 4.69) is 15.3 Å². The van der Waals surface area contributed by atoms with Crippen LogP contribution >= 0.6 is 23.4 Å². The molecule has 9 heteroatoms. The second kappa shape index (κ2) is 9.03. The molecule has 1 aromatic heterocycles. The van der Waals surface area contributed by atoms with Gasteiger partial charge in [-0.25, -0.2) is 4.98 Å². The second-order valence-electron chi connectivity index (χ2n) is 6.97. The van der Waals surface area contributed by atoms with Crippen molar-refractivity contribution in [1.82, 2.24) is 9.97 Å². The van der Waals surface area contributed by atoms with E-state index in [1.807, 2.05) is 24.3 Å². The van der Waals surface area contributed by atoms with Crippen LogP contribution in [0.4, 0.5) is 5.82 Å². The number of nitrogens with zero attached hydrogens (tertiary/aromatic N) is 1. The molecule has 1 aliphatic rings. The van der Waals surface area contributed by atoms with Crippen molar-refractivity contribution in [1.29, 1.82) is 0 Å². The number of hydrogen-bond acceptors (Lipinski definition) is 6. The third kappa shape index (κ3) is 4.55. The van der Waals surface area contributed by atoms with Crippen LogP contribution in [0.3, 0.4) is 0 Å². The molecule has 7 nitrogen and oxygen atoms in total. The van der Waals surface area contributed by atoms with E-state index in [0.29, 0.717) is 33.0 Å². The SMILES string of the molecule is COc1ccc([C@H]2CC(=O)Nc3nc(SCc4cccc(Cl)c4)[nH]c(=O)c32)cc1OC. The minimum absolute atomic E-state index is 0.141. The van der Waals surface area contributed by atoms with Crippen molar-refractivity contribution in [3.05, 3.63) is 74.5 Å². The van der Waals surface area contributed by atoms with Crippen molar-refractivity contribution < 1.29 is 14.3 Å². The fourth-order valence-corrected chi connectivity index (χ4v) is 4.57. The van der Waals surface area contributed by atoms with Gasteiger partial charge in [-0.1, -0.05) is 41.6 Å². The number of methoxy groups -OCH3 is 2. The number of fused-ring (bicyclic) bond motifs is 1. The lowest BCUT2D eigenvalue weighted by Crippen LogP contribution is -2.31. The Morgan fingerprint density at radius 2 is 1.94 bits per heavy atom. The van der Waals surface area contributed by atoms with Gasteiger partial charge in [-0.05, 0) is 35.4 Å². The highest BCUT2D eigenvalue weighted by atomic mass is 35.5. The predicted molar refractivity (Wildman–Crippen MR) is 121 cm³/mol. The Kier molecular flexibility index (Phi) is 6.20. The van der Waals surface area contributed by atoms with Gasteiger partial charge in [-0.3, -0.25) is 9.59 Å². The molecule has 160 valence electrons. The van der Waals surface area contributed by atoms with E-state index in [4.69, 9.17) is 21.1 Å². The topological polar surface area (TPSA) is 93.3 Å². The third-order valence-corrected chi connectivity index (χ3v) is 6.18. The van der Waals surface area contributed by atoms with Gasteiger partial charge in [0.05, 0.1) is 19.8 Å². The summed E-state index contributed by atoms with van der Waals surface area (Å²) in [5, 5.41) is 3.81. The summed E-state index contributed by atoms with van der Waals surface area (Å²) in [6.07, 6.45) is 0.141. The van der Waals surface area contributed by atoms with Crippen molar-refractivity contribution in [3.63, 3.8) is 0 Å². The standard InChI is InChI=1S/C22H20ClN3O4S/c1-29-16-7-6-13(9-17(16)30-2)15-10-18(27)24-20-19(15)21(28)26-22(25-20)31-11-12-4-3-5-14(23)8-12/h3-9,15H,10-11H2,1-2H3,(H2,24,25,26,27,28)/t15-/m1/s1. The number of aromatic nitrogens is 2. The summed E-state index contributed by atoms with van der Waals surface area (Å²) >= 11 is 7.40. The van der Waals surface area contributed by atoms with Crippen LogP contribution < -0.4 is 20.3 Å². The lowest BCUT2D eigenvalue weighted by atomic mass is 9.86. The van der Waals surface area contributed by atoms with E-state index in [-0.39, 0.29) is 23.7 Å². The first-order chi connectivity index (χ1) is 15.0. The Labute approximate surface area is 188 Å². The van der Waals surface area contributed by atoms with E-state index in [1.165, 1.54) is 11.8 Å². The Hall–Kier alpha value is -2.97. The molecular weight excluding hydrogens is 438 g/mol. The van der Waals surface area contributed by atoms with Gasteiger partial charge in [0.1, 0.15) is 5.82 Å². The van der Waals surface area contributed by atoms with Crippen LogP contribution in [-0.2, 0) is 10.5 Å². The molecule has 4 rings (SSSR count). The molecule has 2 heterocycles. The molecule has 2 N–H and O–H groups in total. The maximum atomic E-state index is 13.0. The lowest BCUT2D eigenvalue weighted by molar-refractivity contribution is -0.116. The number of H-pyrrole nitrogens is 1. The second-order valence-corrected chi connectivity index (χ2v) is 8.37. The minimum atomic E-state index is -0.438. The van der Waals surface area contributed by atoms with Gasteiger partial charge in [-0.15, -0.1) is 0 Å². The number of aromatic amines is 1. The average molecular weight is 458 g/mol. The van der Waals surface area contributed by atoms with Gasteiger partial charge in [0.2, 0.25) is 5.91 Å².